The van der Waals surface area contributed by atoms with E-state index in [2.05, 4.69) is 4.98 Å². The second-order valence-electron chi connectivity index (χ2n) is 9.83. The number of halogens is 2. The molecule has 10 heteroatoms. The van der Waals surface area contributed by atoms with Crippen LogP contribution >= 0.6 is 0 Å². The first kappa shape index (κ1) is 27.2. The number of imidazole rings is 1. The number of benzene rings is 3. The zero-order chi connectivity index (χ0) is 29.1. The van der Waals surface area contributed by atoms with E-state index in [4.69, 9.17) is 19.2 Å². The van der Waals surface area contributed by atoms with Crippen molar-refractivity contribution in [2.75, 3.05) is 18.6 Å². The van der Waals surface area contributed by atoms with E-state index in [0.29, 0.717) is 36.0 Å². The molecular formula is C32H28F2N4O4. The minimum Gasteiger partial charge on any atom is -0.486 e. The number of para-hydroxylation sites is 1. The third kappa shape index (κ3) is 5.74. The van der Waals surface area contributed by atoms with Crippen LogP contribution in [-0.2, 0) is 17.9 Å². The van der Waals surface area contributed by atoms with Crippen LogP contribution in [-0.4, -0.2) is 40.7 Å². The Balaban J connectivity index is 1.36. The van der Waals surface area contributed by atoms with Gasteiger partial charge in [-0.1, -0.05) is 30.3 Å². The van der Waals surface area contributed by atoms with Gasteiger partial charge in [-0.2, -0.15) is 8.78 Å². The van der Waals surface area contributed by atoms with Gasteiger partial charge in [0.25, 0.3) is 0 Å². The van der Waals surface area contributed by atoms with Gasteiger partial charge in [-0.25, -0.2) is 9.97 Å². The molecule has 0 bridgehead atoms. The fraction of sp³-hybridized carbons (Fsp3) is 0.219. The number of hydrogen-bond acceptors (Lipinski definition) is 6. The lowest BCUT2D eigenvalue weighted by Crippen LogP contribution is -2.23. The number of hydrogen-bond donors (Lipinski definition) is 0. The number of fused-ring (bicyclic) bond motifs is 1. The SMILES string of the molecule is COc1ccc(-c2ccc3nc(COc4cccc(N5CCCC5=O)c4)n(Cc4ccccc4OC(F)F)c3c2)cn1. The second-order valence-corrected chi connectivity index (χ2v) is 9.83. The summed E-state index contributed by atoms with van der Waals surface area (Å²) < 4.78 is 44.5. The fourth-order valence-electron chi connectivity index (χ4n) is 5.14. The summed E-state index contributed by atoms with van der Waals surface area (Å²) >= 11 is 0. The Kier molecular flexibility index (Phi) is 7.68. The van der Waals surface area contributed by atoms with Crippen molar-refractivity contribution < 1.29 is 27.8 Å². The van der Waals surface area contributed by atoms with Crippen molar-refractivity contribution in [2.45, 2.75) is 32.6 Å². The summed E-state index contributed by atoms with van der Waals surface area (Å²) in [7, 11) is 1.56. The third-order valence-electron chi connectivity index (χ3n) is 7.19. The molecule has 3 heterocycles. The quantitative estimate of drug-likeness (QED) is 0.192. The molecule has 1 aliphatic heterocycles. The predicted octanol–water partition coefficient (Wildman–Crippen LogP) is 6.46. The molecule has 42 heavy (non-hydrogen) atoms. The zero-order valence-electron chi connectivity index (χ0n) is 22.9. The van der Waals surface area contributed by atoms with Crippen molar-refractivity contribution in [1.29, 1.82) is 0 Å². The summed E-state index contributed by atoms with van der Waals surface area (Å²) in [5.41, 5.74) is 4.68. The fourth-order valence-corrected chi connectivity index (χ4v) is 5.14. The molecule has 1 fully saturated rings. The van der Waals surface area contributed by atoms with Crippen LogP contribution in [0.1, 0.15) is 24.2 Å². The van der Waals surface area contributed by atoms with E-state index in [1.807, 2.05) is 53.1 Å². The van der Waals surface area contributed by atoms with Crippen molar-refractivity contribution in [1.82, 2.24) is 14.5 Å². The van der Waals surface area contributed by atoms with Crippen molar-refractivity contribution in [3.8, 4) is 28.5 Å². The van der Waals surface area contributed by atoms with E-state index in [1.54, 1.807) is 42.5 Å². The third-order valence-corrected chi connectivity index (χ3v) is 7.19. The molecule has 0 unspecified atom stereocenters. The number of nitrogens with zero attached hydrogens (tertiary/aromatic N) is 4. The number of ether oxygens (including phenoxy) is 3. The van der Waals surface area contributed by atoms with E-state index >= 15 is 0 Å². The van der Waals surface area contributed by atoms with Gasteiger partial charge in [0.15, 0.2) is 0 Å². The molecular weight excluding hydrogens is 542 g/mol. The van der Waals surface area contributed by atoms with Crippen LogP contribution in [0.2, 0.25) is 0 Å². The van der Waals surface area contributed by atoms with Crippen molar-refractivity contribution in [3.63, 3.8) is 0 Å². The summed E-state index contributed by atoms with van der Waals surface area (Å²) in [6.45, 7) is -1.92. The topological polar surface area (TPSA) is 78.7 Å². The highest BCUT2D eigenvalue weighted by Crippen LogP contribution is 2.30. The molecule has 3 aromatic carbocycles. The van der Waals surface area contributed by atoms with Gasteiger partial charge < -0.3 is 23.7 Å². The Morgan fingerprint density at radius 1 is 0.976 bits per heavy atom. The molecule has 0 radical (unpaired) electrons. The summed E-state index contributed by atoms with van der Waals surface area (Å²) in [5, 5.41) is 0. The van der Waals surface area contributed by atoms with Crippen LogP contribution in [0.5, 0.6) is 17.4 Å². The Morgan fingerprint density at radius 2 is 1.83 bits per heavy atom. The van der Waals surface area contributed by atoms with Crippen LogP contribution in [0.4, 0.5) is 14.5 Å². The number of rotatable bonds is 10. The highest BCUT2D eigenvalue weighted by molar-refractivity contribution is 5.95. The molecule has 0 saturated carbocycles. The summed E-state index contributed by atoms with van der Waals surface area (Å²) in [5.74, 6) is 1.90. The van der Waals surface area contributed by atoms with E-state index in [-0.39, 0.29) is 24.8 Å². The van der Waals surface area contributed by atoms with E-state index in [1.165, 1.54) is 6.07 Å². The molecule has 0 spiro atoms. The largest absolute Gasteiger partial charge is 0.486 e. The maximum absolute atomic E-state index is 13.2. The standard InChI is InChI=1S/C32H28F2N4O4/c1-40-30-14-12-22(18-35-30)21-11-13-26-27(16-21)38(19-23-6-2-3-9-28(23)42-32(33)34)29(36-26)20-41-25-8-4-7-24(17-25)37-15-5-10-31(37)39/h2-4,6-9,11-14,16-18,32H,5,10,15,19-20H2,1H3. The van der Waals surface area contributed by atoms with Gasteiger partial charge in [-0.3, -0.25) is 4.79 Å². The highest BCUT2D eigenvalue weighted by atomic mass is 19.3. The maximum atomic E-state index is 13.2. The number of aromatic nitrogens is 3. The minimum absolute atomic E-state index is 0.0970. The average molecular weight is 571 g/mol. The molecule has 214 valence electrons. The van der Waals surface area contributed by atoms with Gasteiger partial charge in [-0.05, 0) is 48.4 Å². The highest BCUT2D eigenvalue weighted by Gasteiger charge is 2.22. The van der Waals surface area contributed by atoms with Gasteiger partial charge in [0, 0.05) is 48.1 Å². The minimum atomic E-state index is -2.95. The number of methoxy groups -OCH3 is 1. The van der Waals surface area contributed by atoms with Gasteiger partial charge >= 0.3 is 6.61 Å². The molecule has 0 atom stereocenters. The summed E-state index contributed by atoms with van der Waals surface area (Å²) in [6.07, 6.45) is 3.11. The molecule has 1 amide bonds. The molecule has 1 aliphatic rings. The van der Waals surface area contributed by atoms with Gasteiger partial charge in [0.1, 0.15) is 23.9 Å². The second kappa shape index (κ2) is 11.9. The Bertz CT molecular complexity index is 1720. The molecule has 0 N–H and O–H groups in total. The molecule has 6 rings (SSSR count). The monoisotopic (exact) mass is 570 g/mol. The molecule has 8 nitrogen and oxygen atoms in total. The lowest BCUT2D eigenvalue weighted by Gasteiger charge is -2.17. The zero-order valence-corrected chi connectivity index (χ0v) is 22.9. The Hall–Kier alpha value is -4.99. The van der Waals surface area contributed by atoms with Crippen molar-refractivity contribution in [2.24, 2.45) is 0 Å². The predicted molar refractivity (Wildman–Crippen MR) is 154 cm³/mol. The smallest absolute Gasteiger partial charge is 0.387 e. The van der Waals surface area contributed by atoms with Gasteiger partial charge in [-0.15, -0.1) is 0 Å². The summed E-state index contributed by atoms with van der Waals surface area (Å²) in [6, 6.07) is 23.7. The Labute approximate surface area is 241 Å². The molecule has 0 aliphatic carbocycles. The van der Waals surface area contributed by atoms with Crippen LogP contribution in [0, 0.1) is 0 Å². The number of amides is 1. The number of pyridine rings is 1. The van der Waals surface area contributed by atoms with E-state index in [0.717, 1.165) is 34.3 Å². The van der Waals surface area contributed by atoms with Crippen LogP contribution in [0.15, 0.2) is 85.1 Å². The van der Waals surface area contributed by atoms with Crippen LogP contribution in [0.3, 0.4) is 0 Å². The number of carbonyl (C=O) groups is 1. The van der Waals surface area contributed by atoms with Gasteiger partial charge in [0.05, 0.1) is 24.7 Å². The molecule has 2 aromatic heterocycles. The first-order valence-electron chi connectivity index (χ1n) is 13.5. The van der Waals surface area contributed by atoms with Crippen molar-refractivity contribution >= 4 is 22.6 Å². The van der Waals surface area contributed by atoms with Crippen molar-refractivity contribution in [3.05, 3.63) is 96.4 Å². The van der Waals surface area contributed by atoms with Gasteiger partial charge in [0.2, 0.25) is 11.8 Å². The lowest BCUT2D eigenvalue weighted by atomic mass is 10.1. The van der Waals surface area contributed by atoms with Crippen LogP contribution in [0.25, 0.3) is 22.2 Å². The van der Waals surface area contributed by atoms with E-state index in [9.17, 15) is 13.6 Å². The molecule has 5 aromatic rings. The number of alkyl halides is 2. The van der Waals surface area contributed by atoms with E-state index < -0.39 is 6.61 Å². The van der Waals surface area contributed by atoms with Crippen LogP contribution < -0.4 is 19.1 Å². The lowest BCUT2D eigenvalue weighted by molar-refractivity contribution is -0.117. The number of carbonyl (C=O) groups excluding carboxylic acids is 1. The number of anilines is 1. The normalized spacial score (nSPS) is 13.2. The Morgan fingerprint density at radius 3 is 2.60 bits per heavy atom. The maximum Gasteiger partial charge on any atom is 0.387 e. The first-order chi connectivity index (χ1) is 20.5. The molecule has 1 saturated heterocycles. The summed E-state index contributed by atoms with van der Waals surface area (Å²) in [4.78, 5) is 23.2. The first-order valence-corrected chi connectivity index (χ1v) is 13.5. The average Bonchev–Trinajstić information content (AvgIpc) is 3.59.